The number of rotatable bonds is 6. The van der Waals surface area contributed by atoms with Gasteiger partial charge in [0.25, 0.3) is 0 Å². The fraction of sp³-hybridized carbons (Fsp3) is 0.615. The summed E-state index contributed by atoms with van der Waals surface area (Å²) in [6, 6.07) is -0.544. The van der Waals surface area contributed by atoms with Crippen molar-refractivity contribution in [2.75, 3.05) is 13.7 Å². The van der Waals surface area contributed by atoms with Crippen molar-refractivity contribution in [2.45, 2.75) is 40.2 Å². The normalized spacial score (nSPS) is 12.8. The molecule has 0 heterocycles. The summed E-state index contributed by atoms with van der Waals surface area (Å²) in [5, 5.41) is 0. The van der Waals surface area contributed by atoms with Crippen LogP contribution in [0.5, 0.6) is 0 Å². The third-order valence-corrected chi connectivity index (χ3v) is 2.82. The van der Waals surface area contributed by atoms with Crippen molar-refractivity contribution in [1.82, 2.24) is 4.90 Å². The SMILES string of the molecule is C/C=C(\CN(C(=O)CC)C(C)C(C)=O)C(=O)OC. The van der Waals surface area contributed by atoms with Crippen LogP contribution in [0.1, 0.15) is 34.1 Å². The molecule has 0 aliphatic heterocycles. The molecule has 0 aromatic carbocycles. The van der Waals surface area contributed by atoms with Gasteiger partial charge in [-0.1, -0.05) is 13.0 Å². The minimum atomic E-state index is -0.544. The molecule has 0 aromatic heterocycles. The lowest BCUT2D eigenvalue weighted by Crippen LogP contribution is -2.44. The number of methoxy groups -OCH3 is 1. The monoisotopic (exact) mass is 255 g/mol. The summed E-state index contributed by atoms with van der Waals surface area (Å²) in [7, 11) is 1.28. The van der Waals surface area contributed by atoms with Gasteiger partial charge in [0.15, 0.2) is 5.78 Å². The lowest BCUT2D eigenvalue weighted by Gasteiger charge is -2.27. The van der Waals surface area contributed by atoms with Crippen LogP contribution in [-0.2, 0) is 19.1 Å². The Morgan fingerprint density at radius 1 is 1.33 bits per heavy atom. The van der Waals surface area contributed by atoms with Crippen molar-refractivity contribution in [3.8, 4) is 0 Å². The number of carbonyl (C=O) groups is 3. The molecule has 0 spiro atoms. The predicted octanol–water partition coefficient (Wildman–Crippen LogP) is 1.32. The van der Waals surface area contributed by atoms with Gasteiger partial charge in [-0.05, 0) is 20.8 Å². The third kappa shape index (κ3) is 4.31. The highest BCUT2D eigenvalue weighted by Gasteiger charge is 2.24. The van der Waals surface area contributed by atoms with Crippen LogP contribution in [0.3, 0.4) is 0 Å². The molecule has 18 heavy (non-hydrogen) atoms. The van der Waals surface area contributed by atoms with Gasteiger partial charge in [-0.2, -0.15) is 0 Å². The Kier molecular flexibility index (Phi) is 6.93. The van der Waals surface area contributed by atoms with E-state index >= 15 is 0 Å². The molecular weight excluding hydrogens is 234 g/mol. The molecule has 0 saturated carbocycles. The van der Waals surface area contributed by atoms with Crippen LogP contribution in [0.4, 0.5) is 0 Å². The topological polar surface area (TPSA) is 63.7 Å². The van der Waals surface area contributed by atoms with Crippen LogP contribution in [0.2, 0.25) is 0 Å². The molecule has 0 radical (unpaired) electrons. The maximum absolute atomic E-state index is 11.8. The van der Waals surface area contributed by atoms with E-state index in [4.69, 9.17) is 0 Å². The number of nitrogens with zero attached hydrogens (tertiary/aromatic N) is 1. The molecular formula is C13H21NO4. The van der Waals surface area contributed by atoms with Gasteiger partial charge in [-0.15, -0.1) is 0 Å². The first-order valence-corrected chi connectivity index (χ1v) is 5.92. The minimum absolute atomic E-state index is 0.0938. The highest BCUT2D eigenvalue weighted by atomic mass is 16.5. The number of esters is 1. The van der Waals surface area contributed by atoms with E-state index in [-0.39, 0.29) is 24.7 Å². The van der Waals surface area contributed by atoms with Crippen molar-refractivity contribution in [3.05, 3.63) is 11.6 Å². The van der Waals surface area contributed by atoms with Crippen molar-refractivity contribution in [2.24, 2.45) is 0 Å². The summed E-state index contributed by atoms with van der Waals surface area (Å²) in [5.74, 6) is -0.764. The standard InChI is InChI=1S/C13H21NO4/c1-6-11(13(17)18-5)8-14(12(16)7-2)9(3)10(4)15/h6,9H,7-8H2,1-5H3/b11-6+. The van der Waals surface area contributed by atoms with Crippen LogP contribution in [0.15, 0.2) is 11.6 Å². The minimum Gasteiger partial charge on any atom is -0.466 e. The second-order valence-electron chi connectivity index (χ2n) is 3.97. The van der Waals surface area contributed by atoms with E-state index in [1.807, 2.05) is 0 Å². The lowest BCUT2D eigenvalue weighted by atomic mass is 10.1. The lowest BCUT2D eigenvalue weighted by molar-refractivity contribution is -0.140. The van der Waals surface area contributed by atoms with Gasteiger partial charge >= 0.3 is 5.97 Å². The van der Waals surface area contributed by atoms with E-state index in [2.05, 4.69) is 4.74 Å². The molecule has 1 unspecified atom stereocenters. The fourth-order valence-electron chi connectivity index (χ4n) is 1.45. The molecule has 1 atom stereocenters. The largest absolute Gasteiger partial charge is 0.466 e. The van der Waals surface area contributed by atoms with E-state index in [1.54, 1.807) is 26.8 Å². The molecule has 5 heteroatoms. The van der Waals surface area contributed by atoms with E-state index in [1.165, 1.54) is 18.9 Å². The first-order chi connectivity index (χ1) is 8.38. The highest BCUT2D eigenvalue weighted by molar-refractivity contribution is 5.91. The molecule has 0 bridgehead atoms. The highest BCUT2D eigenvalue weighted by Crippen LogP contribution is 2.09. The second kappa shape index (κ2) is 7.63. The Morgan fingerprint density at radius 2 is 1.89 bits per heavy atom. The van der Waals surface area contributed by atoms with Gasteiger partial charge in [-0.25, -0.2) is 4.79 Å². The van der Waals surface area contributed by atoms with Gasteiger partial charge < -0.3 is 9.64 Å². The molecule has 0 aromatic rings. The average Bonchev–Trinajstić information content (AvgIpc) is 2.37. The Labute approximate surface area is 108 Å². The Morgan fingerprint density at radius 3 is 2.22 bits per heavy atom. The van der Waals surface area contributed by atoms with Gasteiger partial charge in [0.2, 0.25) is 5.91 Å². The van der Waals surface area contributed by atoms with Crippen molar-refractivity contribution < 1.29 is 19.1 Å². The first kappa shape index (κ1) is 16.4. The molecule has 102 valence electrons. The molecule has 0 aliphatic carbocycles. The number of hydrogen-bond donors (Lipinski definition) is 0. The van der Waals surface area contributed by atoms with Crippen molar-refractivity contribution >= 4 is 17.7 Å². The fourth-order valence-corrected chi connectivity index (χ4v) is 1.45. The van der Waals surface area contributed by atoms with E-state index in [0.717, 1.165) is 0 Å². The average molecular weight is 255 g/mol. The summed E-state index contributed by atoms with van der Waals surface area (Å²) in [4.78, 5) is 36.1. The number of ketones is 1. The van der Waals surface area contributed by atoms with Crippen molar-refractivity contribution in [3.63, 3.8) is 0 Å². The molecule has 0 aliphatic rings. The van der Waals surface area contributed by atoms with Crippen LogP contribution in [0, 0.1) is 0 Å². The third-order valence-electron chi connectivity index (χ3n) is 2.82. The molecule has 0 rings (SSSR count). The maximum atomic E-state index is 11.8. The molecule has 0 saturated heterocycles. The van der Waals surface area contributed by atoms with Crippen LogP contribution in [-0.4, -0.2) is 42.3 Å². The zero-order valence-corrected chi connectivity index (χ0v) is 11.6. The van der Waals surface area contributed by atoms with Gasteiger partial charge in [0.1, 0.15) is 0 Å². The number of carbonyl (C=O) groups excluding carboxylic acids is 3. The number of Topliss-reactive ketones (excluding diaryl/α,β-unsaturated/α-hetero) is 1. The van der Waals surface area contributed by atoms with Crippen LogP contribution in [0.25, 0.3) is 0 Å². The number of amides is 1. The van der Waals surface area contributed by atoms with E-state index < -0.39 is 12.0 Å². The Hall–Kier alpha value is -1.65. The Balaban J connectivity index is 5.06. The predicted molar refractivity (Wildman–Crippen MR) is 67.9 cm³/mol. The summed E-state index contributed by atoms with van der Waals surface area (Å²) in [6.07, 6.45) is 1.88. The van der Waals surface area contributed by atoms with E-state index in [0.29, 0.717) is 5.57 Å². The van der Waals surface area contributed by atoms with Gasteiger partial charge in [0, 0.05) is 6.42 Å². The summed E-state index contributed by atoms with van der Waals surface area (Å²) >= 11 is 0. The van der Waals surface area contributed by atoms with Gasteiger partial charge in [-0.3, -0.25) is 9.59 Å². The zero-order valence-electron chi connectivity index (χ0n) is 11.6. The zero-order chi connectivity index (χ0) is 14.3. The first-order valence-electron chi connectivity index (χ1n) is 5.92. The second-order valence-corrected chi connectivity index (χ2v) is 3.97. The quantitative estimate of drug-likeness (QED) is 0.530. The number of hydrogen-bond acceptors (Lipinski definition) is 4. The summed E-state index contributed by atoms with van der Waals surface area (Å²) in [5.41, 5.74) is 0.368. The molecule has 5 nitrogen and oxygen atoms in total. The summed E-state index contributed by atoms with van der Waals surface area (Å²) < 4.78 is 4.63. The van der Waals surface area contributed by atoms with Crippen LogP contribution >= 0.6 is 0 Å². The smallest absolute Gasteiger partial charge is 0.335 e. The van der Waals surface area contributed by atoms with Gasteiger partial charge in [0.05, 0.1) is 25.3 Å². The van der Waals surface area contributed by atoms with Crippen molar-refractivity contribution in [1.29, 1.82) is 0 Å². The molecule has 0 fully saturated rings. The Bertz CT molecular complexity index is 360. The number of ether oxygens (including phenoxy) is 1. The molecule has 1 amide bonds. The number of allylic oxidation sites excluding steroid dienone is 1. The van der Waals surface area contributed by atoms with Crippen LogP contribution < -0.4 is 0 Å². The molecule has 0 N–H and O–H groups in total. The maximum Gasteiger partial charge on any atom is 0.335 e. The van der Waals surface area contributed by atoms with E-state index in [9.17, 15) is 14.4 Å². The summed E-state index contributed by atoms with van der Waals surface area (Å²) in [6.45, 7) is 6.58.